The van der Waals surface area contributed by atoms with Gasteiger partial charge < -0.3 is 29.3 Å². The monoisotopic (exact) mass is 363 g/mol. The maximum atomic E-state index is 12.4. The molecule has 134 valence electrons. The highest BCUT2D eigenvalue weighted by Crippen LogP contribution is 2.34. The summed E-state index contributed by atoms with van der Waals surface area (Å²) in [6.07, 6.45) is 1.56. The molecule has 3 heterocycles. The number of fused-ring (bicyclic) bond motifs is 1. The van der Waals surface area contributed by atoms with Gasteiger partial charge in [-0.15, -0.1) is 0 Å². The molecule has 1 atom stereocenters. The van der Waals surface area contributed by atoms with Crippen molar-refractivity contribution in [2.24, 2.45) is 0 Å². The fourth-order valence-electron chi connectivity index (χ4n) is 3.28. The Balaban J connectivity index is 1.30. The van der Waals surface area contributed by atoms with Gasteiger partial charge in [0, 0.05) is 44.5 Å². The van der Waals surface area contributed by atoms with Crippen molar-refractivity contribution >= 4 is 28.9 Å². The van der Waals surface area contributed by atoms with E-state index in [0.717, 1.165) is 43.1 Å². The molecule has 0 radical (unpaired) electrons. The summed E-state index contributed by atoms with van der Waals surface area (Å²) in [5.74, 6) is 1.59. The number of rotatable bonds is 2. The highest BCUT2D eigenvalue weighted by atomic mass is 32.1. The molecule has 7 nitrogen and oxygen atoms in total. The topological polar surface area (TPSA) is 63.3 Å². The molecule has 0 bridgehead atoms. The van der Waals surface area contributed by atoms with Gasteiger partial charge in [0.15, 0.2) is 16.6 Å². The fraction of sp³-hybridized carbons (Fsp3) is 0.529. The smallest absolute Gasteiger partial charge is 0.251 e. The molecule has 1 aromatic carbocycles. The summed E-state index contributed by atoms with van der Waals surface area (Å²) in [4.78, 5) is 16.4. The molecule has 1 N–H and O–H groups in total. The van der Waals surface area contributed by atoms with Gasteiger partial charge in [0.1, 0.15) is 6.10 Å². The van der Waals surface area contributed by atoms with E-state index in [1.165, 1.54) is 0 Å². The number of carbonyl (C=O) groups is 1. The normalized spacial score (nSPS) is 22.2. The molecular weight excluding hydrogens is 342 g/mol. The number of hydrogen-bond acceptors (Lipinski definition) is 5. The van der Waals surface area contributed by atoms with Gasteiger partial charge in [0.25, 0.3) is 5.91 Å². The van der Waals surface area contributed by atoms with Gasteiger partial charge in [-0.2, -0.15) is 0 Å². The molecule has 2 saturated heterocycles. The maximum absolute atomic E-state index is 12.4. The van der Waals surface area contributed by atoms with Crippen molar-refractivity contribution in [1.82, 2.24) is 9.80 Å². The van der Waals surface area contributed by atoms with E-state index in [0.29, 0.717) is 24.8 Å². The molecule has 1 aromatic rings. The summed E-state index contributed by atoms with van der Waals surface area (Å²) in [7, 11) is 0. The van der Waals surface area contributed by atoms with E-state index in [9.17, 15) is 4.79 Å². The van der Waals surface area contributed by atoms with Crippen LogP contribution in [0.2, 0.25) is 0 Å². The van der Waals surface area contributed by atoms with Gasteiger partial charge in [-0.05, 0) is 37.2 Å². The number of anilines is 1. The molecule has 1 amide bonds. The first-order valence-corrected chi connectivity index (χ1v) is 8.97. The van der Waals surface area contributed by atoms with Gasteiger partial charge in [0.05, 0.1) is 0 Å². The minimum absolute atomic E-state index is 0.117. The lowest BCUT2D eigenvalue weighted by Gasteiger charge is -2.37. The third kappa shape index (κ3) is 3.50. The lowest BCUT2D eigenvalue weighted by Crippen LogP contribution is -2.53. The third-order valence-electron chi connectivity index (χ3n) is 4.71. The number of nitrogens with zero attached hydrogens (tertiary/aromatic N) is 2. The van der Waals surface area contributed by atoms with Crippen LogP contribution >= 0.6 is 12.2 Å². The molecule has 3 aliphatic heterocycles. The SMILES string of the molecule is O=C(C1CCCO1)N1CCN(C(=S)Nc2ccc3c(c2)OCO3)CC1. The highest BCUT2D eigenvalue weighted by Gasteiger charge is 2.30. The summed E-state index contributed by atoms with van der Waals surface area (Å²) in [6.45, 7) is 3.72. The highest BCUT2D eigenvalue weighted by molar-refractivity contribution is 7.80. The van der Waals surface area contributed by atoms with Crippen molar-refractivity contribution in [2.45, 2.75) is 18.9 Å². The molecule has 2 fully saturated rings. The molecule has 0 saturated carbocycles. The van der Waals surface area contributed by atoms with Crippen molar-refractivity contribution in [1.29, 1.82) is 0 Å². The third-order valence-corrected chi connectivity index (χ3v) is 5.07. The number of amides is 1. The molecule has 4 rings (SSSR count). The first-order valence-electron chi connectivity index (χ1n) is 8.57. The average Bonchev–Trinajstić information content (AvgIpc) is 3.32. The van der Waals surface area contributed by atoms with E-state index in [1.54, 1.807) is 0 Å². The minimum atomic E-state index is -0.245. The van der Waals surface area contributed by atoms with Crippen molar-refractivity contribution < 1.29 is 19.0 Å². The summed E-state index contributed by atoms with van der Waals surface area (Å²) < 4.78 is 16.2. The van der Waals surface area contributed by atoms with Crippen LogP contribution in [0, 0.1) is 0 Å². The second kappa shape index (κ2) is 7.05. The van der Waals surface area contributed by atoms with E-state index >= 15 is 0 Å². The Hall–Kier alpha value is -2.06. The number of hydrogen-bond donors (Lipinski definition) is 1. The Morgan fingerprint density at radius 2 is 1.88 bits per heavy atom. The summed E-state index contributed by atoms with van der Waals surface area (Å²) >= 11 is 5.51. The van der Waals surface area contributed by atoms with E-state index < -0.39 is 0 Å². The zero-order chi connectivity index (χ0) is 17.2. The lowest BCUT2D eigenvalue weighted by molar-refractivity contribution is -0.142. The van der Waals surface area contributed by atoms with Crippen LogP contribution in [0.15, 0.2) is 18.2 Å². The predicted octanol–water partition coefficient (Wildman–Crippen LogP) is 1.44. The molecule has 0 spiro atoms. The largest absolute Gasteiger partial charge is 0.454 e. The molecule has 3 aliphatic rings. The molecule has 25 heavy (non-hydrogen) atoms. The Bertz CT molecular complexity index is 670. The van der Waals surface area contributed by atoms with E-state index in [4.69, 9.17) is 26.4 Å². The van der Waals surface area contributed by atoms with Gasteiger partial charge in [-0.25, -0.2) is 0 Å². The molecular formula is C17H21N3O4S. The van der Waals surface area contributed by atoms with Crippen molar-refractivity contribution in [3.8, 4) is 11.5 Å². The Labute approximate surface area is 151 Å². The zero-order valence-electron chi connectivity index (χ0n) is 13.9. The number of carbonyl (C=O) groups excluding carboxylic acids is 1. The van der Waals surface area contributed by atoms with E-state index in [1.807, 2.05) is 23.1 Å². The second-order valence-corrected chi connectivity index (χ2v) is 6.70. The second-order valence-electron chi connectivity index (χ2n) is 6.31. The first-order chi connectivity index (χ1) is 12.2. The van der Waals surface area contributed by atoms with E-state index in [-0.39, 0.29) is 18.8 Å². The number of thiocarbonyl (C=S) groups is 1. The van der Waals surface area contributed by atoms with Gasteiger partial charge >= 0.3 is 0 Å². The van der Waals surface area contributed by atoms with Crippen LogP contribution in [0.25, 0.3) is 0 Å². The Kier molecular flexibility index (Phi) is 4.63. The molecule has 0 aliphatic carbocycles. The maximum Gasteiger partial charge on any atom is 0.251 e. The number of nitrogens with one attached hydrogen (secondary N) is 1. The average molecular weight is 363 g/mol. The van der Waals surface area contributed by atoms with Crippen LogP contribution in [0.4, 0.5) is 5.69 Å². The standard InChI is InChI=1S/C17H21N3O4S/c21-16(14-2-1-9-22-14)19-5-7-20(8-6-19)17(25)18-12-3-4-13-15(10-12)24-11-23-13/h3-4,10,14H,1-2,5-9,11H2,(H,18,25). The lowest BCUT2D eigenvalue weighted by atomic mass is 10.2. The fourth-order valence-corrected chi connectivity index (χ4v) is 3.58. The molecule has 0 aromatic heterocycles. The van der Waals surface area contributed by atoms with Crippen LogP contribution in [0.3, 0.4) is 0 Å². The van der Waals surface area contributed by atoms with Crippen LogP contribution in [-0.4, -0.2) is 66.5 Å². The van der Waals surface area contributed by atoms with Crippen molar-refractivity contribution in [3.63, 3.8) is 0 Å². The first kappa shape index (κ1) is 16.4. The number of benzene rings is 1. The van der Waals surface area contributed by atoms with Gasteiger partial charge in [0.2, 0.25) is 6.79 Å². The Morgan fingerprint density at radius 1 is 1.12 bits per heavy atom. The summed E-state index contributed by atoms with van der Waals surface area (Å²) in [6, 6.07) is 5.66. The van der Waals surface area contributed by atoms with Crippen LogP contribution in [0.1, 0.15) is 12.8 Å². The summed E-state index contributed by atoms with van der Waals surface area (Å²) in [5.41, 5.74) is 0.868. The van der Waals surface area contributed by atoms with Gasteiger partial charge in [-0.3, -0.25) is 4.79 Å². The summed E-state index contributed by atoms with van der Waals surface area (Å²) in [5, 5.41) is 3.89. The quantitative estimate of drug-likeness (QED) is 0.798. The number of ether oxygens (including phenoxy) is 3. The van der Waals surface area contributed by atoms with Gasteiger partial charge in [-0.1, -0.05) is 0 Å². The van der Waals surface area contributed by atoms with Crippen LogP contribution in [-0.2, 0) is 9.53 Å². The number of piperazine rings is 1. The van der Waals surface area contributed by atoms with Crippen molar-refractivity contribution in [2.75, 3.05) is 44.9 Å². The van der Waals surface area contributed by atoms with Crippen molar-refractivity contribution in [3.05, 3.63) is 18.2 Å². The minimum Gasteiger partial charge on any atom is -0.454 e. The molecule has 8 heteroatoms. The van der Waals surface area contributed by atoms with Crippen LogP contribution in [0.5, 0.6) is 11.5 Å². The zero-order valence-corrected chi connectivity index (χ0v) is 14.7. The molecule has 1 unspecified atom stereocenters. The van der Waals surface area contributed by atoms with E-state index in [2.05, 4.69) is 10.2 Å². The predicted molar refractivity (Wildman–Crippen MR) is 95.9 cm³/mol. The van der Waals surface area contributed by atoms with Crippen LogP contribution < -0.4 is 14.8 Å². The Morgan fingerprint density at radius 3 is 2.64 bits per heavy atom.